The van der Waals surface area contributed by atoms with Crippen LogP contribution in [0.5, 0.6) is 11.5 Å². The van der Waals surface area contributed by atoms with Gasteiger partial charge in [0.25, 0.3) is 0 Å². The van der Waals surface area contributed by atoms with E-state index in [1.807, 2.05) is 6.07 Å². The molecule has 0 aliphatic carbocycles. The van der Waals surface area contributed by atoms with Crippen LogP contribution in [0.3, 0.4) is 0 Å². The average Bonchev–Trinajstić information content (AvgIpc) is 3.28. The van der Waals surface area contributed by atoms with Crippen molar-refractivity contribution < 1.29 is 14.2 Å². The Morgan fingerprint density at radius 2 is 1.57 bits per heavy atom. The van der Waals surface area contributed by atoms with E-state index in [0.717, 1.165) is 74.6 Å². The molecule has 0 atom stereocenters. The molecule has 35 heavy (non-hydrogen) atoms. The topological polar surface area (TPSA) is 58.8 Å². The Balaban J connectivity index is 1.38. The van der Waals surface area contributed by atoms with Gasteiger partial charge < -0.3 is 29.4 Å². The first-order valence-electron chi connectivity index (χ1n) is 13.1. The highest BCUT2D eigenvalue weighted by Gasteiger charge is 2.25. The van der Waals surface area contributed by atoms with Crippen LogP contribution in [0.4, 0.5) is 5.69 Å². The van der Waals surface area contributed by atoms with Gasteiger partial charge in [0.1, 0.15) is 0 Å². The van der Waals surface area contributed by atoms with E-state index in [1.165, 1.54) is 22.2 Å². The van der Waals surface area contributed by atoms with Crippen molar-refractivity contribution in [3.63, 3.8) is 0 Å². The molecule has 2 aliphatic heterocycles. The minimum Gasteiger partial charge on any atom is -0.493 e. The van der Waals surface area contributed by atoms with Crippen molar-refractivity contribution in [3.05, 3.63) is 42.0 Å². The van der Waals surface area contributed by atoms with Crippen molar-refractivity contribution in [2.24, 2.45) is 0 Å². The van der Waals surface area contributed by atoms with Crippen molar-refractivity contribution in [2.75, 3.05) is 45.3 Å². The monoisotopic (exact) mass is 477 g/mol. The molecule has 1 aromatic heterocycles. The molecule has 0 radical (unpaired) electrons. The van der Waals surface area contributed by atoms with E-state index in [9.17, 15) is 0 Å². The lowest BCUT2D eigenvalue weighted by Gasteiger charge is -2.36. The van der Waals surface area contributed by atoms with Crippen LogP contribution < -0.4 is 19.7 Å². The summed E-state index contributed by atoms with van der Waals surface area (Å²) in [6.45, 7) is 8.80. The standard InChI is InChI=1S/C29H39N3O3/c1-19(2)28-24-18-21(32-15-11-23(12-16-32)35-22-9-13-30-14-10-22)6-7-25(24)31-29(28)20-5-8-26(33-3)27(17-20)34-4/h5-8,17-19,22-23,30-31H,9-16H2,1-4H3. The first-order chi connectivity index (χ1) is 17.1. The SMILES string of the molecule is COc1ccc(-c2[nH]c3ccc(N4CCC(OC5CCNCC5)CC4)cc3c2C(C)C)cc1OC. The predicted molar refractivity (Wildman–Crippen MR) is 143 cm³/mol. The van der Waals surface area contributed by atoms with Crippen LogP contribution >= 0.6 is 0 Å². The number of fused-ring (bicyclic) bond motifs is 1. The summed E-state index contributed by atoms with van der Waals surface area (Å²) in [6, 6.07) is 13.0. The number of H-pyrrole nitrogens is 1. The molecule has 188 valence electrons. The number of benzene rings is 2. The molecular formula is C29H39N3O3. The molecule has 0 amide bonds. The summed E-state index contributed by atoms with van der Waals surface area (Å²) in [5.41, 5.74) is 6.09. The number of hydrogen-bond acceptors (Lipinski definition) is 5. The summed E-state index contributed by atoms with van der Waals surface area (Å²) < 4.78 is 17.4. The lowest BCUT2D eigenvalue weighted by molar-refractivity contribution is -0.0363. The van der Waals surface area contributed by atoms with Crippen molar-refractivity contribution in [2.45, 2.75) is 57.7 Å². The number of aromatic amines is 1. The molecule has 2 aliphatic rings. The third-order valence-corrected chi connectivity index (χ3v) is 7.55. The molecule has 3 heterocycles. The van der Waals surface area contributed by atoms with Gasteiger partial charge in [-0.2, -0.15) is 0 Å². The van der Waals surface area contributed by atoms with Gasteiger partial charge in [0, 0.05) is 35.2 Å². The van der Waals surface area contributed by atoms with E-state index in [2.05, 4.69) is 59.4 Å². The van der Waals surface area contributed by atoms with E-state index in [1.54, 1.807) is 14.2 Å². The maximum atomic E-state index is 6.43. The Kier molecular flexibility index (Phi) is 7.21. The molecule has 0 saturated carbocycles. The Labute approximate surface area is 208 Å². The fraction of sp³-hybridized carbons (Fsp3) is 0.517. The Morgan fingerprint density at radius 3 is 2.26 bits per heavy atom. The quantitative estimate of drug-likeness (QED) is 0.456. The normalized spacial score (nSPS) is 17.9. The molecule has 3 aromatic rings. The lowest BCUT2D eigenvalue weighted by atomic mass is 9.95. The summed E-state index contributed by atoms with van der Waals surface area (Å²) in [5, 5.41) is 4.73. The van der Waals surface area contributed by atoms with Gasteiger partial charge in [0.15, 0.2) is 11.5 Å². The Hall–Kier alpha value is -2.70. The van der Waals surface area contributed by atoms with Crippen LogP contribution in [-0.2, 0) is 4.74 Å². The van der Waals surface area contributed by atoms with Gasteiger partial charge in [-0.05, 0) is 86.7 Å². The van der Waals surface area contributed by atoms with E-state index in [4.69, 9.17) is 14.2 Å². The number of piperidine rings is 2. The number of nitrogens with zero attached hydrogens (tertiary/aromatic N) is 1. The van der Waals surface area contributed by atoms with E-state index < -0.39 is 0 Å². The molecule has 0 spiro atoms. The third-order valence-electron chi connectivity index (χ3n) is 7.55. The zero-order valence-corrected chi connectivity index (χ0v) is 21.5. The van der Waals surface area contributed by atoms with E-state index >= 15 is 0 Å². The maximum absolute atomic E-state index is 6.43. The van der Waals surface area contributed by atoms with Gasteiger partial charge in [-0.3, -0.25) is 0 Å². The molecule has 5 rings (SSSR count). The highest BCUT2D eigenvalue weighted by molar-refractivity contribution is 5.93. The largest absolute Gasteiger partial charge is 0.493 e. The average molecular weight is 478 g/mol. The molecule has 2 aromatic carbocycles. The second kappa shape index (κ2) is 10.5. The molecule has 2 N–H and O–H groups in total. The first-order valence-corrected chi connectivity index (χ1v) is 13.1. The number of anilines is 1. The Bertz CT molecular complexity index is 1140. The van der Waals surface area contributed by atoms with Crippen molar-refractivity contribution in [3.8, 4) is 22.8 Å². The number of rotatable bonds is 7. The first kappa shape index (κ1) is 24.0. The van der Waals surface area contributed by atoms with Crippen LogP contribution in [0, 0.1) is 0 Å². The molecule has 6 nitrogen and oxygen atoms in total. The van der Waals surface area contributed by atoms with Crippen molar-refractivity contribution in [1.82, 2.24) is 10.3 Å². The maximum Gasteiger partial charge on any atom is 0.161 e. The number of ether oxygens (including phenoxy) is 3. The van der Waals surface area contributed by atoms with Crippen molar-refractivity contribution >= 4 is 16.6 Å². The van der Waals surface area contributed by atoms with Gasteiger partial charge in [-0.25, -0.2) is 0 Å². The summed E-state index contributed by atoms with van der Waals surface area (Å²) in [6.07, 6.45) is 5.32. The van der Waals surface area contributed by atoms with Crippen LogP contribution in [0.25, 0.3) is 22.2 Å². The number of aromatic nitrogens is 1. The second-order valence-corrected chi connectivity index (χ2v) is 10.1. The number of hydrogen-bond donors (Lipinski definition) is 2. The number of methoxy groups -OCH3 is 2. The van der Waals surface area contributed by atoms with E-state index in [-0.39, 0.29) is 0 Å². The van der Waals surface area contributed by atoms with Crippen molar-refractivity contribution in [1.29, 1.82) is 0 Å². The second-order valence-electron chi connectivity index (χ2n) is 10.1. The molecule has 2 saturated heterocycles. The molecule has 0 bridgehead atoms. The van der Waals surface area contributed by atoms with Gasteiger partial charge in [-0.15, -0.1) is 0 Å². The van der Waals surface area contributed by atoms with Crippen LogP contribution in [0.15, 0.2) is 36.4 Å². The minimum atomic E-state index is 0.381. The van der Waals surface area contributed by atoms with Crippen LogP contribution in [-0.4, -0.2) is 57.6 Å². The Morgan fingerprint density at radius 1 is 0.857 bits per heavy atom. The highest BCUT2D eigenvalue weighted by Crippen LogP contribution is 2.40. The molecule has 6 heteroatoms. The van der Waals surface area contributed by atoms with Gasteiger partial charge in [0.2, 0.25) is 0 Å². The summed E-state index contributed by atoms with van der Waals surface area (Å²) in [7, 11) is 3.35. The highest BCUT2D eigenvalue weighted by atomic mass is 16.5. The molecular weight excluding hydrogens is 438 g/mol. The zero-order chi connectivity index (χ0) is 24.4. The van der Waals surface area contributed by atoms with Gasteiger partial charge in [0.05, 0.1) is 32.1 Å². The predicted octanol–water partition coefficient (Wildman–Crippen LogP) is 5.71. The molecule has 2 fully saturated rings. The number of nitrogens with one attached hydrogen (secondary N) is 2. The van der Waals surface area contributed by atoms with E-state index in [0.29, 0.717) is 18.1 Å². The summed E-state index contributed by atoms with van der Waals surface area (Å²) in [5.74, 6) is 1.87. The third kappa shape index (κ3) is 5.00. The van der Waals surface area contributed by atoms with Crippen LogP contribution in [0.2, 0.25) is 0 Å². The minimum absolute atomic E-state index is 0.381. The lowest BCUT2D eigenvalue weighted by Crippen LogP contribution is -2.40. The fourth-order valence-electron chi connectivity index (χ4n) is 5.67. The molecule has 0 unspecified atom stereocenters. The van der Waals surface area contributed by atoms with Crippen LogP contribution in [0.1, 0.15) is 51.0 Å². The fourth-order valence-corrected chi connectivity index (χ4v) is 5.67. The smallest absolute Gasteiger partial charge is 0.161 e. The summed E-state index contributed by atoms with van der Waals surface area (Å²) >= 11 is 0. The zero-order valence-electron chi connectivity index (χ0n) is 21.5. The van der Waals surface area contributed by atoms with Gasteiger partial charge >= 0.3 is 0 Å². The summed E-state index contributed by atoms with van der Waals surface area (Å²) in [4.78, 5) is 6.22. The van der Waals surface area contributed by atoms with Gasteiger partial charge in [-0.1, -0.05) is 13.8 Å².